The molecule has 0 spiro atoms. The molecular weight excluding hydrogens is 200 g/mol. The SMILES string of the molecule is O=C1CCC/C=C/CCCCCCCCO1. The third kappa shape index (κ3) is 7.49. The van der Waals surface area contributed by atoms with E-state index in [1.54, 1.807) is 0 Å². The molecule has 92 valence electrons. The van der Waals surface area contributed by atoms with E-state index >= 15 is 0 Å². The molecule has 0 saturated heterocycles. The Bertz CT molecular complexity index is 209. The Kier molecular flexibility index (Phi) is 7.83. The lowest BCUT2D eigenvalue weighted by Crippen LogP contribution is -2.05. The Morgan fingerprint density at radius 2 is 1.44 bits per heavy atom. The zero-order valence-corrected chi connectivity index (χ0v) is 10.2. The van der Waals surface area contributed by atoms with Crippen LogP contribution in [0.5, 0.6) is 0 Å². The van der Waals surface area contributed by atoms with Crippen molar-refractivity contribution in [1.29, 1.82) is 0 Å². The van der Waals surface area contributed by atoms with Gasteiger partial charge in [-0.2, -0.15) is 0 Å². The average molecular weight is 224 g/mol. The van der Waals surface area contributed by atoms with Gasteiger partial charge in [-0.1, -0.05) is 37.8 Å². The van der Waals surface area contributed by atoms with Crippen LogP contribution in [0.15, 0.2) is 12.2 Å². The van der Waals surface area contributed by atoms with Gasteiger partial charge in [0.05, 0.1) is 6.61 Å². The summed E-state index contributed by atoms with van der Waals surface area (Å²) in [6.45, 7) is 0.620. The monoisotopic (exact) mass is 224 g/mol. The lowest BCUT2D eigenvalue weighted by Gasteiger charge is -2.03. The molecule has 2 nitrogen and oxygen atoms in total. The summed E-state index contributed by atoms with van der Waals surface area (Å²) in [6.07, 6.45) is 15.6. The summed E-state index contributed by atoms with van der Waals surface area (Å²) in [6, 6.07) is 0. The van der Waals surface area contributed by atoms with Gasteiger partial charge in [-0.25, -0.2) is 0 Å². The van der Waals surface area contributed by atoms with E-state index in [1.807, 2.05) is 0 Å². The first-order valence-corrected chi connectivity index (χ1v) is 6.70. The van der Waals surface area contributed by atoms with Gasteiger partial charge in [0.2, 0.25) is 0 Å². The summed E-state index contributed by atoms with van der Waals surface area (Å²) >= 11 is 0. The first-order valence-electron chi connectivity index (χ1n) is 6.70. The van der Waals surface area contributed by atoms with Crippen molar-refractivity contribution in [3.8, 4) is 0 Å². The fourth-order valence-corrected chi connectivity index (χ4v) is 1.93. The van der Waals surface area contributed by atoms with Crippen LogP contribution in [0.1, 0.15) is 64.2 Å². The quantitative estimate of drug-likeness (QED) is 0.459. The second-order valence-corrected chi connectivity index (χ2v) is 4.49. The molecular formula is C14H24O2. The lowest BCUT2D eigenvalue weighted by molar-refractivity contribution is -0.143. The van der Waals surface area contributed by atoms with Crippen LogP contribution in [0, 0.1) is 0 Å². The van der Waals surface area contributed by atoms with Crippen molar-refractivity contribution in [2.45, 2.75) is 64.2 Å². The number of hydrogen-bond acceptors (Lipinski definition) is 2. The van der Waals surface area contributed by atoms with Crippen molar-refractivity contribution in [2.24, 2.45) is 0 Å². The maximum Gasteiger partial charge on any atom is 0.305 e. The van der Waals surface area contributed by atoms with Crippen molar-refractivity contribution >= 4 is 5.97 Å². The molecule has 0 bridgehead atoms. The number of ether oxygens (including phenoxy) is 1. The summed E-state index contributed by atoms with van der Waals surface area (Å²) in [7, 11) is 0. The fourth-order valence-electron chi connectivity index (χ4n) is 1.93. The van der Waals surface area contributed by atoms with Gasteiger partial charge in [0.25, 0.3) is 0 Å². The second kappa shape index (κ2) is 9.44. The van der Waals surface area contributed by atoms with Crippen LogP contribution in [-0.2, 0) is 9.53 Å². The largest absolute Gasteiger partial charge is 0.466 e. The highest BCUT2D eigenvalue weighted by atomic mass is 16.5. The highest BCUT2D eigenvalue weighted by Crippen LogP contribution is 2.09. The summed E-state index contributed by atoms with van der Waals surface area (Å²) in [5, 5.41) is 0. The minimum absolute atomic E-state index is 0.0247. The molecule has 0 aromatic rings. The van der Waals surface area contributed by atoms with Crippen LogP contribution in [0.2, 0.25) is 0 Å². The van der Waals surface area contributed by atoms with Crippen molar-refractivity contribution < 1.29 is 9.53 Å². The molecule has 0 fully saturated rings. The number of carbonyl (C=O) groups excluding carboxylic acids is 1. The third-order valence-corrected chi connectivity index (χ3v) is 2.95. The molecule has 0 aliphatic carbocycles. The van der Waals surface area contributed by atoms with Crippen LogP contribution in [0.3, 0.4) is 0 Å². The molecule has 1 aliphatic rings. The predicted octanol–water partition coefficient (Wildman–Crippen LogP) is 4.00. The Hall–Kier alpha value is -0.790. The van der Waals surface area contributed by atoms with Crippen LogP contribution in [0.25, 0.3) is 0 Å². The summed E-state index contributed by atoms with van der Waals surface area (Å²) in [4.78, 5) is 11.3. The van der Waals surface area contributed by atoms with E-state index in [0.717, 1.165) is 19.3 Å². The standard InChI is InChI=1S/C14H24O2/c15-14-12-10-8-6-4-2-1-3-5-7-9-11-13-16-14/h4,6H,1-3,5,7-13H2/b6-4+. The van der Waals surface area contributed by atoms with Crippen molar-refractivity contribution in [3.05, 3.63) is 12.2 Å². The molecule has 16 heavy (non-hydrogen) atoms. The smallest absolute Gasteiger partial charge is 0.305 e. The van der Waals surface area contributed by atoms with Gasteiger partial charge in [-0.05, 0) is 32.1 Å². The van der Waals surface area contributed by atoms with Crippen LogP contribution in [0.4, 0.5) is 0 Å². The number of allylic oxidation sites excluding steroid dienone is 2. The number of esters is 1. The van der Waals surface area contributed by atoms with Crippen LogP contribution < -0.4 is 0 Å². The summed E-state index contributed by atoms with van der Waals surface area (Å²) in [5.41, 5.74) is 0. The van der Waals surface area contributed by atoms with Crippen molar-refractivity contribution in [1.82, 2.24) is 0 Å². The normalized spacial score (nSPS) is 23.9. The molecule has 0 amide bonds. The van der Waals surface area contributed by atoms with Gasteiger partial charge in [0.15, 0.2) is 0 Å². The minimum atomic E-state index is -0.0247. The Morgan fingerprint density at radius 3 is 2.25 bits per heavy atom. The molecule has 1 rings (SSSR count). The number of rotatable bonds is 0. The molecule has 0 saturated carbocycles. The number of carbonyl (C=O) groups is 1. The summed E-state index contributed by atoms with van der Waals surface area (Å²) < 4.78 is 5.16. The molecule has 0 atom stereocenters. The van der Waals surface area contributed by atoms with Gasteiger partial charge in [-0.3, -0.25) is 4.79 Å². The molecule has 2 heteroatoms. The van der Waals surface area contributed by atoms with E-state index in [1.165, 1.54) is 38.5 Å². The third-order valence-electron chi connectivity index (χ3n) is 2.95. The van der Waals surface area contributed by atoms with E-state index in [4.69, 9.17) is 4.74 Å². The zero-order valence-electron chi connectivity index (χ0n) is 10.2. The Balaban J connectivity index is 2.20. The minimum Gasteiger partial charge on any atom is -0.466 e. The van der Waals surface area contributed by atoms with E-state index in [2.05, 4.69) is 12.2 Å². The average Bonchev–Trinajstić information content (AvgIpc) is 2.29. The molecule has 0 aromatic heterocycles. The van der Waals surface area contributed by atoms with Gasteiger partial charge >= 0.3 is 5.97 Å². The lowest BCUT2D eigenvalue weighted by atomic mass is 10.1. The highest BCUT2D eigenvalue weighted by Gasteiger charge is 2.01. The topological polar surface area (TPSA) is 26.3 Å². The zero-order chi connectivity index (χ0) is 11.5. The fraction of sp³-hybridized carbons (Fsp3) is 0.786. The van der Waals surface area contributed by atoms with Gasteiger partial charge < -0.3 is 4.74 Å². The molecule has 0 aromatic carbocycles. The van der Waals surface area contributed by atoms with E-state index < -0.39 is 0 Å². The van der Waals surface area contributed by atoms with Gasteiger partial charge in [-0.15, -0.1) is 0 Å². The molecule has 0 radical (unpaired) electrons. The Labute approximate surface area is 99.1 Å². The molecule has 0 unspecified atom stereocenters. The van der Waals surface area contributed by atoms with Crippen LogP contribution in [-0.4, -0.2) is 12.6 Å². The van der Waals surface area contributed by atoms with Crippen molar-refractivity contribution in [2.75, 3.05) is 6.61 Å². The van der Waals surface area contributed by atoms with Crippen molar-refractivity contribution in [3.63, 3.8) is 0 Å². The number of hydrogen-bond donors (Lipinski definition) is 0. The molecule has 1 heterocycles. The predicted molar refractivity (Wildman–Crippen MR) is 66.3 cm³/mol. The number of cyclic esters (lactones) is 1. The van der Waals surface area contributed by atoms with E-state index in [9.17, 15) is 4.79 Å². The molecule has 0 N–H and O–H groups in total. The molecule has 1 aliphatic heterocycles. The Morgan fingerprint density at radius 1 is 0.812 bits per heavy atom. The van der Waals surface area contributed by atoms with E-state index in [-0.39, 0.29) is 5.97 Å². The van der Waals surface area contributed by atoms with Gasteiger partial charge in [0.1, 0.15) is 0 Å². The maximum absolute atomic E-state index is 11.3. The van der Waals surface area contributed by atoms with Gasteiger partial charge in [0, 0.05) is 6.42 Å². The highest BCUT2D eigenvalue weighted by molar-refractivity contribution is 5.69. The first kappa shape index (κ1) is 13.3. The summed E-state index contributed by atoms with van der Waals surface area (Å²) in [5.74, 6) is -0.0247. The maximum atomic E-state index is 11.3. The van der Waals surface area contributed by atoms with E-state index in [0.29, 0.717) is 13.0 Å². The van der Waals surface area contributed by atoms with Crippen LogP contribution >= 0.6 is 0 Å². The first-order chi connectivity index (χ1) is 7.89. The second-order valence-electron chi connectivity index (χ2n) is 4.49.